The van der Waals surface area contributed by atoms with Gasteiger partial charge in [-0.15, -0.1) is 11.3 Å². The van der Waals surface area contributed by atoms with E-state index in [1.165, 1.54) is 21.8 Å². The summed E-state index contributed by atoms with van der Waals surface area (Å²) in [6.07, 6.45) is 1.24. The van der Waals surface area contributed by atoms with Gasteiger partial charge in [0.15, 0.2) is 4.91 Å². The first-order chi connectivity index (χ1) is 13.5. The van der Waals surface area contributed by atoms with Crippen LogP contribution in [0.3, 0.4) is 0 Å². The molecule has 0 saturated heterocycles. The quantitative estimate of drug-likeness (QED) is 0.598. The van der Waals surface area contributed by atoms with E-state index >= 15 is 0 Å². The van der Waals surface area contributed by atoms with Crippen LogP contribution in [0.25, 0.3) is 0 Å². The maximum atomic E-state index is 13.3. The average Bonchev–Trinajstić information content (AvgIpc) is 3.15. The topological polar surface area (TPSA) is 66.5 Å². The van der Waals surface area contributed by atoms with E-state index in [0.29, 0.717) is 21.3 Å². The molecule has 0 fully saturated rings. The molecule has 0 spiro atoms. The number of fused-ring (bicyclic) bond motifs is 1. The first kappa shape index (κ1) is 18.7. The molecule has 1 N–H and O–H groups in total. The second-order valence-electron chi connectivity index (χ2n) is 6.12. The zero-order valence-electron chi connectivity index (χ0n) is 14.5. The number of anilines is 2. The molecule has 8 heteroatoms. The van der Waals surface area contributed by atoms with Crippen molar-refractivity contribution in [3.63, 3.8) is 0 Å². The number of hydrogen-bond donors (Lipinski definition) is 1. The number of carbonyl (C=O) groups is 1. The highest BCUT2D eigenvalue weighted by atomic mass is 35.5. The average molecular weight is 431 g/mol. The number of nitrogens with zero attached hydrogens (tertiary/aromatic N) is 1. The molecule has 142 valence electrons. The number of hydrogen-bond acceptors (Lipinski definition) is 5. The van der Waals surface area contributed by atoms with Gasteiger partial charge >= 0.3 is 0 Å². The van der Waals surface area contributed by atoms with Crippen LogP contribution in [0.4, 0.5) is 11.4 Å². The van der Waals surface area contributed by atoms with Crippen molar-refractivity contribution in [1.82, 2.24) is 0 Å². The van der Waals surface area contributed by atoms with Crippen LogP contribution in [0, 0.1) is 0 Å². The molecule has 0 aliphatic carbocycles. The Kier molecular flexibility index (Phi) is 4.97. The number of ketones is 1. The molecular weight excluding hydrogens is 416 g/mol. The summed E-state index contributed by atoms with van der Waals surface area (Å²) in [4.78, 5) is 13.0. The molecule has 0 amide bonds. The van der Waals surface area contributed by atoms with Crippen LogP contribution < -0.4 is 9.62 Å². The Labute approximate surface area is 171 Å². The third kappa shape index (κ3) is 3.44. The number of benzene rings is 2. The number of sulfonamides is 1. The summed E-state index contributed by atoms with van der Waals surface area (Å²) >= 11 is 7.20. The van der Waals surface area contributed by atoms with Gasteiger partial charge in [0.2, 0.25) is 5.78 Å². The summed E-state index contributed by atoms with van der Waals surface area (Å²) < 4.78 is 27.8. The SMILES string of the molecule is O=C1/C(=C/Nc2cccc(Cl)c2)S(=O)(=O)N(Cc2ccccc2)c2ccsc21. The fourth-order valence-electron chi connectivity index (χ4n) is 2.93. The second-order valence-corrected chi connectivity index (χ2v) is 9.31. The highest BCUT2D eigenvalue weighted by Crippen LogP contribution is 2.39. The smallest absolute Gasteiger partial charge is 0.270 e. The standard InChI is InChI=1S/C20H15ClN2O3S2/c21-15-7-4-8-16(11-15)22-12-18-19(24)20-17(9-10-27-20)23(28(18,25)26)13-14-5-2-1-3-6-14/h1-12,22H,13H2/b18-12-. The molecule has 4 rings (SSSR count). The maximum Gasteiger partial charge on any atom is 0.270 e. The molecule has 0 saturated carbocycles. The van der Waals surface area contributed by atoms with Gasteiger partial charge in [-0.2, -0.15) is 0 Å². The number of thiophene rings is 1. The van der Waals surface area contributed by atoms with Crippen LogP contribution in [-0.4, -0.2) is 14.2 Å². The van der Waals surface area contributed by atoms with E-state index in [0.717, 1.165) is 5.56 Å². The molecule has 0 radical (unpaired) electrons. The fraction of sp³-hybridized carbons (Fsp3) is 0.0500. The Hall–Kier alpha value is -2.61. The molecule has 3 aromatic rings. The zero-order chi connectivity index (χ0) is 19.7. The number of halogens is 1. The summed E-state index contributed by atoms with van der Waals surface area (Å²) in [7, 11) is -4.02. The predicted molar refractivity (Wildman–Crippen MR) is 113 cm³/mol. The number of nitrogens with one attached hydrogen (secondary N) is 1. The van der Waals surface area contributed by atoms with Crippen molar-refractivity contribution in [2.45, 2.75) is 6.54 Å². The van der Waals surface area contributed by atoms with Gasteiger partial charge in [-0.1, -0.05) is 48.0 Å². The van der Waals surface area contributed by atoms with E-state index in [9.17, 15) is 13.2 Å². The van der Waals surface area contributed by atoms with Crippen LogP contribution in [-0.2, 0) is 16.6 Å². The normalized spacial score (nSPS) is 16.8. The molecular formula is C20H15ClN2O3S2. The van der Waals surface area contributed by atoms with Crippen LogP contribution in [0.2, 0.25) is 5.02 Å². The first-order valence-corrected chi connectivity index (χ1v) is 11.1. The third-order valence-electron chi connectivity index (χ3n) is 4.27. The van der Waals surface area contributed by atoms with Crippen molar-refractivity contribution in [1.29, 1.82) is 0 Å². The maximum absolute atomic E-state index is 13.3. The van der Waals surface area contributed by atoms with Gasteiger partial charge in [0.1, 0.15) is 4.88 Å². The fourth-order valence-corrected chi connectivity index (χ4v) is 5.61. The van der Waals surface area contributed by atoms with E-state index in [-0.39, 0.29) is 11.4 Å². The summed E-state index contributed by atoms with van der Waals surface area (Å²) in [6, 6.07) is 17.8. The molecule has 0 unspecified atom stereocenters. The monoisotopic (exact) mass is 430 g/mol. The van der Waals surface area contributed by atoms with E-state index in [2.05, 4.69) is 5.32 Å². The second kappa shape index (κ2) is 7.43. The van der Waals surface area contributed by atoms with Crippen LogP contribution >= 0.6 is 22.9 Å². The summed E-state index contributed by atoms with van der Waals surface area (Å²) in [5.74, 6) is -0.510. The van der Waals surface area contributed by atoms with E-state index in [4.69, 9.17) is 11.6 Å². The molecule has 1 aliphatic heterocycles. The Balaban J connectivity index is 1.75. The molecule has 1 aliphatic rings. The van der Waals surface area contributed by atoms with Crippen molar-refractivity contribution in [2.75, 3.05) is 9.62 Å². The molecule has 28 heavy (non-hydrogen) atoms. The lowest BCUT2D eigenvalue weighted by molar-refractivity contribution is 0.104. The molecule has 2 heterocycles. The van der Waals surface area contributed by atoms with Gasteiger partial charge in [0, 0.05) is 16.9 Å². The lowest BCUT2D eigenvalue weighted by atomic mass is 10.2. The number of Topliss-reactive ketones (excluding diaryl/α,β-unsaturated/α-hetero) is 1. The largest absolute Gasteiger partial charge is 0.360 e. The van der Waals surface area contributed by atoms with Crippen molar-refractivity contribution in [3.05, 3.63) is 92.6 Å². The van der Waals surface area contributed by atoms with Gasteiger partial charge in [-0.05, 0) is 35.2 Å². The number of allylic oxidation sites excluding steroid dienone is 1. The van der Waals surface area contributed by atoms with Crippen LogP contribution in [0.1, 0.15) is 15.2 Å². The summed E-state index contributed by atoms with van der Waals surface area (Å²) in [5, 5.41) is 5.11. The van der Waals surface area contributed by atoms with Gasteiger partial charge < -0.3 is 5.32 Å². The van der Waals surface area contributed by atoms with Gasteiger partial charge in [-0.3, -0.25) is 9.10 Å². The molecule has 1 aromatic heterocycles. The first-order valence-electron chi connectivity index (χ1n) is 8.38. The molecule has 0 bridgehead atoms. The minimum atomic E-state index is -4.02. The highest BCUT2D eigenvalue weighted by Gasteiger charge is 2.41. The Morgan fingerprint density at radius 1 is 1.07 bits per heavy atom. The van der Waals surface area contributed by atoms with Crippen LogP contribution in [0.5, 0.6) is 0 Å². The molecule has 5 nitrogen and oxygen atoms in total. The van der Waals surface area contributed by atoms with Gasteiger partial charge in [-0.25, -0.2) is 8.42 Å². The number of carbonyl (C=O) groups excluding carboxylic acids is 1. The highest BCUT2D eigenvalue weighted by molar-refractivity contribution is 7.97. The predicted octanol–water partition coefficient (Wildman–Crippen LogP) is 4.89. The summed E-state index contributed by atoms with van der Waals surface area (Å²) in [6.45, 7) is 0.148. The Morgan fingerprint density at radius 3 is 2.61 bits per heavy atom. The van der Waals surface area contributed by atoms with E-state index in [1.54, 1.807) is 35.7 Å². The lowest BCUT2D eigenvalue weighted by Gasteiger charge is -2.29. The third-order valence-corrected chi connectivity index (χ3v) is 7.18. The Bertz CT molecular complexity index is 1170. The molecule has 0 atom stereocenters. The van der Waals surface area contributed by atoms with E-state index in [1.807, 2.05) is 30.3 Å². The van der Waals surface area contributed by atoms with E-state index < -0.39 is 15.8 Å². The minimum Gasteiger partial charge on any atom is -0.360 e. The van der Waals surface area contributed by atoms with Crippen LogP contribution in [0.15, 0.2) is 77.1 Å². The molecule has 2 aromatic carbocycles. The minimum absolute atomic E-state index is 0.148. The zero-order valence-corrected chi connectivity index (χ0v) is 16.9. The lowest BCUT2D eigenvalue weighted by Crippen LogP contribution is -2.38. The van der Waals surface area contributed by atoms with Crippen molar-refractivity contribution in [3.8, 4) is 0 Å². The summed E-state index contributed by atoms with van der Waals surface area (Å²) in [5.41, 5.74) is 1.84. The van der Waals surface area contributed by atoms with Crippen molar-refractivity contribution < 1.29 is 13.2 Å². The van der Waals surface area contributed by atoms with Gasteiger partial charge in [0.25, 0.3) is 10.0 Å². The van der Waals surface area contributed by atoms with Crippen molar-refractivity contribution >= 4 is 50.1 Å². The number of rotatable bonds is 4. The van der Waals surface area contributed by atoms with Gasteiger partial charge in [0.05, 0.1) is 12.2 Å². The Morgan fingerprint density at radius 2 is 1.86 bits per heavy atom. The van der Waals surface area contributed by atoms with Crippen molar-refractivity contribution in [2.24, 2.45) is 0 Å².